The van der Waals surface area contributed by atoms with E-state index in [4.69, 9.17) is 16.3 Å². The van der Waals surface area contributed by atoms with Crippen LogP contribution in [0.2, 0.25) is 5.02 Å². The van der Waals surface area contributed by atoms with E-state index in [1.807, 2.05) is 19.1 Å². The van der Waals surface area contributed by atoms with Gasteiger partial charge in [-0.25, -0.2) is 0 Å². The Labute approximate surface area is 166 Å². The van der Waals surface area contributed by atoms with E-state index in [0.717, 1.165) is 24.2 Å². The molecule has 0 amide bonds. The third-order valence-corrected chi connectivity index (χ3v) is 4.58. The monoisotopic (exact) mass is 387 g/mol. The number of halogens is 1. The summed E-state index contributed by atoms with van der Waals surface area (Å²) >= 11 is 5.87. The van der Waals surface area contributed by atoms with Gasteiger partial charge in [0.15, 0.2) is 5.78 Å². The van der Waals surface area contributed by atoms with E-state index >= 15 is 0 Å². The maximum Gasteiger partial charge on any atom is 0.189 e. The maximum atomic E-state index is 12.6. The highest BCUT2D eigenvalue weighted by Crippen LogP contribution is 2.30. The zero-order valence-electron chi connectivity index (χ0n) is 16.0. The molecular formula is C22H26ClNO3. The number of rotatable bonds is 9. The SMILES string of the molecule is CCOc1cc(O)c(C(=O)/C=C/c2ccc(Cl)cc2)cc1CN(CC)CC. The smallest absolute Gasteiger partial charge is 0.189 e. The first-order chi connectivity index (χ1) is 13.0. The summed E-state index contributed by atoms with van der Waals surface area (Å²) in [6, 6.07) is 10.5. The van der Waals surface area contributed by atoms with Crippen LogP contribution in [-0.4, -0.2) is 35.5 Å². The summed E-state index contributed by atoms with van der Waals surface area (Å²) in [6.45, 7) is 9.01. The zero-order valence-corrected chi connectivity index (χ0v) is 16.8. The van der Waals surface area contributed by atoms with Crippen LogP contribution in [0.25, 0.3) is 6.08 Å². The maximum absolute atomic E-state index is 12.6. The van der Waals surface area contributed by atoms with Crippen molar-refractivity contribution >= 4 is 23.5 Å². The summed E-state index contributed by atoms with van der Waals surface area (Å²) in [7, 11) is 0. The Balaban J connectivity index is 2.31. The number of phenols is 1. The van der Waals surface area contributed by atoms with Crippen LogP contribution < -0.4 is 4.74 Å². The molecule has 0 aliphatic carbocycles. The summed E-state index contributed by atoms with van der Waals surface area (Å²) in [4.78, 5) is 14.9. The number of nitrogens with zero attached hydrogens (tertiary/aromatic N) is 1. The van der Waals surface area contributed by atoms with Crippen LogP contribution in [0.4, 0.5) is 0 Å². The van der Waals surface area contributed by atoms with E-state index in [9.17, 15) is 9.90 Å². The fraction of sp³-hybridized carbons (Fsp3) is 0.318. The van der Waals surface area contributed by atoms with Crippen LogP contribution in [-0.2, 0) is 6.54 Å². The van der Waals surface area contributed by atoms with Crippen molar-refractivity contribution in [2.24, 2.45) is 0 Å². The van der Waals surface area contributed by atoms with Gasteiger partial charge in [-0.05, 0) is 49.9 Å². The Morgan fingerprint density at radius 3 is 2.41 bits per heavy atom. The quantitative estimate of drug-likeness (QED) is 0.475. The summed E-state index contributed by atoms with van der Waals surface area (Å²) in [5.74, 6) is 0.277. The first-order valence-electron chi connectivity index (χ1n) is 9.17. The first-order valence-corrected chi connectivity index (χ1v) is 9.55. The average molecular weight is 388 g/mol. The molecular weight excluding hydrogens is 362 g/mol. The van der Waals surface area contributed by atoms with Gasteiger partial charge in [0, 0.05) is 23.2 Å². The lowest BCUT2D eigenvalue weighted by Crippen LogP contribution is -2.22. The fourth-order valence-electron chi connectivity index (χ4n) is 2.75. The van der Waals surface area contributed by atoms with Crippen molar-refractivity contribution in [3.63, 3.8) is 0 Å². The molecule has 2 aromatic carbocycles. The van der Waals surface area contributed by atoms with Crippen LogP contribution >= 0.6 is 11.6 Å². The molecule has 0 unspecified atom stereocenters. The molecule has 0 atom stereocenters. The van der Waals surface area contributed by atoms with Gasteiger partial charge in [-0.2, -0.15) is 0 Å². The highest BCUT2D eigenvalue weighted by Gasteiger charge is 2.16. The van der Waals surface area contributed by atoms with Gasteiger partial charge in [0.05, 0.1) is 12.2 Å². The molecule has 27 heavy (non-hydrogen) atoms. The minimum Gasteiger partial charge on any atom is -0.507 e. The van der Waals surface area contributed by atoms with Crippen LogP contribution in [0.15, 0.2) is 42.5 Å². The van der Waals surface area contributed by atoms with Gasteiger partial charge in [-0.1, -0.05) is 43.7 Å². The van der Waals surface area contributed by atoms with Crippen molar-refractivity contribution in [3.05, 3.63) is 64.2 Å². The lowest BCUT2D eigenvalue weighted by atomic mass is 10.0. The Morgan fingerprint density at radius 2 is 1.81 bits per heavy atom. The van der Waals surface area contributed by atoms with Gasteiger partial charge in [0.1, 0.15) is 11.5 Å². The molecule has 144 valence electrons. The average Bonchev–Trinajstić information content (AvgIpc) is 2.67. The molecule has 0 fully saturated rings. The van der Waals surface area contributed by atoms with E-state index < -0.39 is 0 Å². The van der Waals surface area contributed by atoms with E-state index in [1.165, 1.54) is 12.1 Å². The fourth-order valence-corrected chi connectivity index (χ4v) is 2.87. The first kappa shape index (κ1) is 21.0. The van der Waals surface area contributed by atoms with Gasteiger partial charge in [-0.3, -0.25) is 9.69 Å². The molecule has 0 heterocycles. The Morgan fingerprint density at radius 1 is 1.15 bits per heavy atom. The highest BCUT2D eigenvalue weighted by molar-refractivity contribution is 6.30. The summed E-state index contributed by atoms with van der Waals surface area (Å²) in [5, 5.41) is 11.0. The molecule has 0 aliphatic rings. The molecule has 0 saturated carbocycles. The van der Waals surface area contributed by atoms with Gasteiger partial charge in [0.25, 0.3) is 0 Å². The van der Waals surface area contributed by atoms with E-state index in [1.54, 1.807) is 24.3 Å². The van der Waals surface area contributed by atoms with Gasteiger partial charge >= 0.3 is 0 Å². The Bertz CT molecular complexity index is 796. The molecule has 2 rings (SSSR count). The number of ketones is 1. The van der Waals surface area contributed by atoms with Crippen LogP contribution in [0.3, 0.4) is 0 Å². The summed E-state index contributed by atoms with van der Waals surface area (Å²) in [5.41, 5.74) is 2.02. The van der Waals surface area contributed by atoms with Crippen molar-refractivity contribution < 1.29 is 14.6 Å². The highest BCUT2D eigenvalue weighted by atomic mass is 35.5. The van der Waals surface area contributed by atoms with Gasteiger partial charge in [0.2, 0.25) is 0 Å². The predicted molar refractivity (Wildman–Crippen MR) is 111 cm³/mol. The number of allylic oxidation sites excluding steroid dienone is 1. The number of aromatic hydroxyl groups is 1. The van der Waals surface area contributed by atoms with Crippen molar-refractivity contribution in [1.29, 1.82) is 0 Å². The van der Waals surface area contributed by atoms with E-state index in [-0.39, 0.29) is 17.1 Å². The molecule has 4 nitrogen and oxygen atoms in total. The number of hydrogen-bond acceptors (Lipinski definition) is 4. The molecule has 2 aromatic rings. The molecule has 0 bridgehead atoms. The van der Waals surface area contributed by atoms with Crippen LogP contribution in [0, 0.1) is 0 Å². The molecule has 0 aromatic heterocycles. The summed E-state index contributed by atoms with van der Waals surface area (Å²) < 4.78 is 5.65. The summed E-state index contributed by atoms with van der Waals surface area (Å²) in [6.07, 6.45) is 3.17. The third kappa shape index (κ3) is 5.84. The molecule has 5 heteroatoms. The number of carbonyl (C=O) groups excluding carboxylic acids is 1. The minimum absolute atomic E-state index is 0.0764. The Kier molecular flexibility index (Phi) is 7.89. The predicted octanol–water partition coefficient (Wildman–Crippen LogP) is 5.18. The molecule has 1 N–H and O–H groups in total. The van der Waals surface area contributed by atoms with Crippen LogP contribution in [0.5, 0.6) is 11.5 Å². The second kappa shape index (κ2) is 10.1. The normalized spacial score (nSPS) is 11.3. The van der Waals surface area contributed by atoms with Gasteiger partial charge < -0.3 is 9.84 Å². The number of benzene rings is 2. The van der Waals surface area contributed by atoms with Crippen molar-refractivity contribution in [2.75, 3.05) is 19.7 Å². The standard InChI is InChI=1S/C22H26ClNO3/c1-4-24(5-2)15-17-13-19(21(26)14-22(17)27-6-3)20(25)12-9-16-7-10-18(23)11-8-16/h7-14,26H,4-6,15H2,1-3H3/b12-9+. The number of ether oxygens (including phenoxy) is 1. The van der Waals surface area contributed by atoms with Crippen molar-refractivity contribution in [3.8, 4) is 11.5 Å². The topological polar surface area (TPSA) is 49.8 Å². The molecule has 0 aliphatic heterocycles. The van der Waals surface area contributed by atoms with Crippen molar-refractivity contribution in [1.82, 2.24) is 4.90 Å². The molecule has 0 spiro atoms. The van der Waals surface area contributed by atoms with E-state index in [0.29, 0.717) is 23.9 Å². The number of hydrogen-bond donors (Lipinski definition) is 1. The Hall–Kier alpha value is -2.30. The second-order valence-electron chi connectivity index (χ2n) is 6.12. The third-order valence-electron chi connectivity index (χ3n) is 4.33. The molecule has 0 saturated heterocycles. The second-order valence-corrected chi connectivity index (χ2v) is 6.56. The number of carbonyl (C=O) groups is 1. The van der Waals surface area contributed by atoms with Crippen molar-refractivity contribution in [2.45, 2.75) is 27.3 Å². The minimum atomic E-state index is -0.258. The number of phenolic OH excluding ortho intramolecular Hbond substituents is 1. The zero-order chi connectivity index (χ0) is 19.8. The van der Waals surface area contributed by atoms with Crippen LogP contribution in [0.1, 0.15) is 42.3 Å². The largest absolute Gasteiger partial charge is 0.507 e. The van der Waals surface area contributed by atoms with Gasteiger partial charge in [-0.15, -0.1) is 0 Å². The lowest BCUT2D eigenvalue weighted by molar-refractivity contribution is 0.104. The lowest BCUT2D eigenvalue weighted by Gasteiger charge is -2.21. The molecule has 0 radical (unpaired) electrons. The van der Waals surface area contributed by atoms with E-state index in [2.05, 4.69) is 18.7 Å².